The Morgan fingerprint density at radius 2 is 2.04 bits per heavy atom. The van der Waals surface area contributed by atoms with E-state index < -0.39 is 0 Å². The molecule has 0 fully saturated rings. The standard InChI is InChI=1S/C18H18N6O/c1-12(2)11-23-7-5-13-9-15(3-4-16(13)23)19-18(25)14-6-8-24-17(10-14)20-21-22-24/h3-10,12H,11H2,1-2H3,(H,19,25). The third-order valence-electron chi connectivity index (χ3n) is 4.05. The maximum absolute atomic E-state index is 12.5. The van der Waals surface area contributed by atoms with Gasteiger partial charge in [-0.05, 0) is 52.7 Å². The van der Waals surface area contributed by atoms with E-state index in [0.717, 1.165) is 17.6 Å². The van der Waals surface area contributed by atoms with Crippen LogP contribution in [-0.2, 0) is 6.54 Å². The monoisotopic (exact) mass is 334 g/mol. The van der Waals surface area contributed by atoms with E-state index in [4.69, 9.17) is 0 Å². The molecule has 25 heavy (non-hydrogen) atoms. The van der Waals surface area contributed by atoms with Crippen LogP contribution in [0, 0.1) is 5.92 Å². The van der Waals surface area contributed by atoms with Gasteiger partial charge in [0, 0.05) is 41.1 Å². The summed E-state index contributed by atoms with van der Waals surface area (Å²) in [6, 6.07) is 11.4. The van der Waals surface area contributed by atoms with Crippen LogP contribution in [0.1, 0.15) is 24.2 Å². The summed E-state index contributed by atoms with van der Waals surface area (Å²) in [4.78, 5) is 12.5. The molecule has 1 N–H and O–H groups in total. The van der Waals surface area contributed by atoms with Gasteiger partial charge in [-0.15, -0.1) is 5.10 Å². The van der Waals surface area contributed by atoms with Gasteiger partial charge in [-0.25, -0.2) is 4.52 Å². The van der Waals surface area contributed by atoms with Gasteiger partial charge in [0.2, 0.25) is 0 Å². The summed E-state index contributed by atoms with van der Waals surface area (Å²) in [5.74, 6) is 0.392. The molecule has 0 radical (unpaired) electrons. The Morgan fingerprint density at radius 3 is 2.88 bits per heavy atom. The van der Waals surface area contributed by atoms with Gasteiger partial charge in [-0.3, -0.25) is 4.79 Å². The first-order valence-corrected chi connectivity index (χ1v) is 8.18. The molecular weight excluding hydrogens is 316 g/mol. The van der Waals surface area contributed by atoms with Gasteiger partial charge in [0.05, 0.1) is 0 Å². The topological polar surface area (TPSA) is 77.1 Å². The van der Waals surface area contributed by atoms with E-state index >= 15 is 0 Å². The molecule has 4 rings (SSSR count). The van der Waals surface area contributed by atoms with Crippen LogP contribution in [0.15, 0.2) is 48.8 Å². The lowest BCUT2D eigenvalue weighted by molar-refractivity contribution is 0.102. The minimum Gasteiger partial charge on any atom is -0.347 e. The zero-order valence-corrected chi connectivity index (χ0v) is 14.0. The second-order valence-electron chi connectivity index (χ2n) is 6.49. The van der Waals surface area contributed by atoms with Crippen molar-refractivity contribution >= 4 is 28.1 Å². The highest BCUT2D eigenvalue weighted by atomic mass is 16.1. The van der Waals surface area contributed by atoms with Crippen LogP contribution >= 0.6 is 0 Å². The van der Waals surface area contributed by atoms with E-state index in [1.165, 1.54) is 10.0 Å². The number of rotatable bonds is 4. The van der Waals surface area contributed by atoms with Crippen LogP contribution in [0.2, 0.25) is 0 Å². The molecule has 0 aliphatic rings. The number of carbonyl (C=O) groups excluding carboxylic acids is 1. The van der Waals surface area contributed by atoms with Crippen molar-refractivity contribution in [2.45, 2.75) is 20.4 Å². The van der Waals surface area contributed by atoms with E-state index in [-0.39, 0.29) is 5.91 Å². The molecule has 0 aliphatic heterocycles. The summed E-state index contributed by atoms with van der Waals surface area (Å²) in [5.41, 5.74) is 2.98. The second kappa shape index (κ2) is 6.01. The third-order valence-corrected chi connectivity index (χ3v) is 4.05. The molecule has 1 aromatic carbocycles. The van der Waals surface area contributed by atoms with Crippen molar-refractivity contribution in [2.24, 2.45) is 5.92 Å². The first kappa shape index (κ1) is 15.3. The van der Waals surface area contributed by atoms with Crippen LogP contribution in [0.4, 0.5) is 5.69 Å². The highest BCUT2D eigenvalue weighted by Gasteiger charge is 2.10. The maximum Gasteiger partial charge on any atom is 0.255 e. The Morgan fingerprint density at radius 1 is 1.16 bits per heavy atom. The first-order chi connectivity index (χ1) is 12.1. The van der Waals surface area contributed by atoms with Crippen LogP contribution in [0.25, 0.3) is 16.6 Å². The van der Waals surface area contributed by atoms with Crippen molar-refractivity contribution in [3.63, 3.8) is 0 Å². The second-order valence-corrected chi connectivity index (χ2v) is 6.49. The number of pyridine rings is 1. The molecule has 7 nitrogen and oxygen atoms in total. The summed E-state index contributed by atoms with van der Waals surface area (Å²) in [6.45, 7) is 5.37. The van der Waals surface area contributed by atoms with Crippen LogP contribution < -0.4 is 5.32 Å². The molecule has 0 aliphatic carbocycles. The van der Waals surface area contributed by atoms with E-state index in [9.17, 15) is 4.79 Å². The van der Waals surface area contributed by atoms with Gasteiger partial charge in [-0.2, -0.15) is 0 Å². The Hall–Kier alpha value is -3.22. The Labute approximate surface area is 144 Å². The van der Waals surface area contributed by atoms with E-state index in [1.807, 2.05) is 18.2 Å². The Kier molecular flexibility index (Phi) is 3.68. The average molecular weight is 334 g/mol. The maximum atomic E-state index is 12.5. The highest BCUT2D eigenvalue weighted by Crippen LogP contribution is 2.22. The molecule has 0 unspecified atom stereocenters. The van der Waals surface area contributed by atoms with E-state index in [1.54, 1.807) is 18.3 Å². The molecule has 3 aromatic heterocycles. The first-order valence-electron chi connectivity index (χ1n) is 8.18. The largest absolute Gasteiger partial charge is 0.347 e. The fourth-order valence-corrected chi connectivity index (χ4v) is 2.91. The van der Waals surface area contributed by atoms with E-state index in [0.29, 0.717) is 17.1 Å². The number of tetrazole rings is 1. The summed E-state index contributed by atoms with van der Waals surface area (Å²) >= 11 is 0. The fourth-order valence-electron chi connectivity index (χ4n) is 2.91. The van der Waals surface area contributed by atoms with Crippen molar-refractivity contribution < 1.29 is 4.79 Å². The predicted octanol–water partition coefficient (Wildman–Crippen LogP) is 2.99. The van der Waals surface area contributed by atoms with Crippen LogP contribution in [-0.4, -0.2) is 30.5 Å². The third kappa shape index (κ3) is 2.96. The molecule has 0 saturated carbocycles. The number of anilines is 1. The van der Waals surface area contributed by atoms with Crippen molar-refractivity contribution in [3.8, 4) is 0 Å². The molecule has 7 heteroatoms. The number of nitrogens with one attached hydrogen (secondary N) is 1. The number of hydrogen-bond acceptors (Lipinski definition) is 4. The molecule has 3 heterocycles. The fraction of sp³-hybridized carbons (Fsp3) is 0.222. The summed E-state index contributed by atoms with van der Waals surface area (Å²) in [7, 11) is 0. The van der Waals surface area contributed by atoms with Crippen molar-refractivity contribution in [1.82, 2.24) is 24.6 Å². The number of hydrogen-bond donors (Lipinski definition) is 1. The van der Waals surface area contributed by atoms with Gasteiger partial charge in [-0.1, -0.05) is 13.8 Å². The molecule has 4 aromatic rings. The quantitative estimate of drug-likeness (QED) is 0.622. The lowest BCUT2D eigenvalue weighted by Gasteiger charge is -2.09. The predicted molar refractivity (Wildman–Crippen MR) is 95.5 cm³/mol. The molecule has 126 valence electrons. The normalized spacial score (nSPS) is 11.5. The van der Waals surface area contributed by atoms with Crippen molar-refractivity contribution in [2.75, 3.05) is 5.32 Å². The van der Waals surface area contributed by atoms with Gasteiger partial charge in [0.25, 0.3) is 5.91 Å². The summed E-state index contributed by atoms with van der Waals surface area (Å²) in [6.07, 6.45) is 3.75. The smallest absolute Gasteiger partial charge is 0.255 e. The van der Waals surface area contributed by atoms with Gasteiger partial charge < -0.3 is 9.88 Å². The molecule has 0 atom stereocenters. The SMILES string of the molecule is CC(C)Cn1ccc2cc(NC(=O)c3ccn4nnnc4c3)ccc21. The van der Waals surface area contributed by atoms with Crippen molar-refractivity contribution in [1.29, 1.82) is 0 Å². The van der Waals surface area contributed by atoms with Gasteiger partial charge in [0.15, 0.2) is 5.65 Å². The van der Waals surface area contributed by atoms with Gasteiger partial charge >= 0.3 is 0 Å². The Balaban J connectivity index is 1.58. The lowest BCUT2D eigenvalue weighted by atomic mass is 10.2. The van der Waals surface area contributed by atoms with Crippen LogP contribution in [0.3, 0.4) is 0 Å². The zero-order chi connectivity index (χ0) is 17.4. The highest BCUT2D eigenvalue weighted by molar-refractivity contribution is 6.05. The van der Waals surface area contributed by atoms with Crippen molar-refractivity contribution in [3.05, 3.63) is 54.4 Å². The molecule has 0 spiro atoms. The van der Waals surface area contributed by atoms with Crippen LogP contribution in [0.5, 0.6) is 0 Å². The Bertz CT molecular complexity index is 1060. The summed E-state index contributed by atoms with van der Waals surface area (Å²) < 4.78 is 3.75. The number of fused-ring (bicyclic) bond motifs is 2. The number of amides is 1. The number of benzene rings is 1. The summed E-state index contributed by atoms with van der Waals surface area (Å²) in [5, 5.41) is 15.2. The molecular formula is C18H18N6O. The average Bonchev–Trinajstić information content (AvgIpc) is 3.20. The molecule has 0 bridgehead atoms. The number of carbonyl (C=O) groups is 1. The molecule has 1 amide bonds. The number of aromatic nitrogens is 5. The molecule has 0 saturated heterocycles. The van der Waals surface area contributed by atoms with Gasteiger partial charge in [0.1, 0.15) is 0 Å². The minimum atomic E-state index is -0.188. The minimum absolute atomic E-state index is 0.188. The van der Waals surface area contributed by atoms with E-state index in [2.05, 4.69) is 51.5 Å². The number of nitrogens with zero attached hydrogens (tertiary/aromatic N) is 5. The zero-order valence-electron chi connectivity index (χ0n) is 14.0. The lowest BCUT2D eigenvalue weighted by Crippen LogP contribution is -2.12.